The van der Waals surface area contributed by atoms with Gasteiger partial charge in [0.2, 0.25) is 0 Å². The number of carbonyl (C=O) groups is 1. The lowest BCUT2D eigenvalue weighted by Gasteiger charge is -2.51. The molecule has 1 aromatic carbocycles. The van der Waals surface area contributed by atoms with Crippen molar-refractivity contribution in [3.63, 3.8) is 0 Å². The fourth-order valence-corrected chi connectivity index (χ4v) is 2.89. The first kappa shape index (κ1) is 15.6. The highest BCUT2D eigenvalue weighted by atomic mass is 16.5. The van der Waals surface area contributed by atoms with E-state index in [1.165, 1.54) is 7.11 Å². The quantitative estimate of drug-likeness (QED) is 0.659. The van der Waals surface area contributed by atoms with Crippen LogP contribution in [0.25, 0.3) is 0 Å². The molecule has 0 heterocycles. The average molecular weight is 292 g/mol. The van der Waals surface area contributed by atoms with E-state index in [-0.39, 0.29) is 11.5 Å². The molecule has 116 valence electrons. The smallest absolute Gasteiger partial charge is 0.340 e. The van der Waals surface area contributed by atoms with Crippen LogP contribution in [0.3, 0.4) is 0 Å². The van der Waals surface area contributed by atoms with E-state index >= 15 is 0 Å². The third kappa shape index (κ3) is 2.70. The number of carbonyl (C=O) groups excluding carboxylic acids is 1. The highest BCUT2D eigenvalue weighted by Crippen LogP contribution is 2.44. The van der Waals surface area contributed by atoms with E-state index in [2.05, 4.69) is 19.2 Å². The van der Waals surface area contributed by atoms with E-state index in [1.807, 2.05) is 13.0 Å². The van der Waals surface area contributed by atoms with E-state index in [0.717, 1.165) is 17.7 Å². The first-order valence-corrected chi connectivity index (χ1v) is 7.09. The van der Waals surface area contributed by atoms with Gasteiger partial charge in [0.15, 0.2) is 0 Å². The number of hydrogen-bond acceptors (Lipinski definition) is 5. The number of rotatable bonds is 4. The molecule has 1 aliphatic rings. The number of esters is 1. The Bertz CT molecular complexity index is 555. The summed E-state index contributed by atoms with van der Waals surface area (Å²) in [5, 5.41) is 3.48. The van der Waals surface area contributed by atoms with Crippen LogP contribution in [-0.4, -0.2) is 32.3 Å². The highest BCUT2D eigenvalue weighted by Gasteiger charge is 2.48. The van der Waals surface area contributed by atoms with Gasteiger partial charge in [0, 0.05) is 29.9 Å². The maximum atomic E-state index is 11.8. The zero-order valence-electron chi connectivity index (χ0n) is 13.3. The summed E-state index contributed by atoms with van der Waals surface area (Å²) >= 11 is 0. The lowest BCUT2D eigenvalue weighted by Crippen LogP contribution is -2.57. The molecule has 2 rings (SSSR count). The Hall–Kier alpha value is -1.75. The molecular formula is C16H24N2O3. The van der Waals surface area contributed by atoms with Crippen molar-refractivity contribution in [3.8, 4) is 0 Å². The van der Waals surface area contributed by atoms with Gasteiger partial charge in [-0.25, -0.2) is 4.79 Å². The Morgan fingerprint density at radius 2 is 2.05 bits per heavy atom. The van der Waals surface area contributed by atoms with E-state index in [1.54, 1.807) is 13.2 Å². The van der Waals surface area contributed by atoms with E-state index in [9.17, 15) is 4.79 Å². The third-order valence-electron chi connectivity index (χ3n) is 4.60. The second-order valence-corrected chi connectivity index (χ2v) is 6.22. The summed E-state index contributed by atoms with van der Waals surface area (Å²) in [6.45, 7) is 6.23. The summed E-state index contributed by atoms with van der Waals surface area (Å²) < 4.78 is 10.2. The van der Waals surface area contributed by atoms with Gasteiger partial charge in [-0.15, -0.1) is 0 Å². The monoisotopic (exact) mass is 292 g/mol. The van der Waals surface area contributed by atoms with Crippen molar-refractivity contribution in [1.29, 1.82) is 0 Å². The number of anilines is 2. The van der Waals surface area contributed by atoms with Crippen LogP contribution in [-0.2, 0) is 9.47 Å². The van der Waals surface area contributed by atoms with E-state index in [4.69, 9.17) is 15.2 Å². The number of aryl methyl sites for hydroxylation is 1. The predicted molar refractivity (Wildman–Crippen MR) is 83.5 cm³/mol. The summed E-state index contributed by atoms with van der Waals surface area (Å²) in [5.41, 5.74) is 8.62. The lowest BCUT2D eigenvalue weighted by molar-refractivity contribution is -0.0794. The topological polar surface area (TPSA) is 73.6 Å². The van der Waals surface area contributed by atoms with Gasteiger partial charge in [-0.2, -0.15) is 0 Å². The van der Waals surface area contributed by atoms with Gasteiger partial charge in [-0.3, -0.25) is 0 Å². The standard InChI is InChI=1S/C16H24N2O3/c1-9-6-10(7-11(14(9)17)15(19)21-5)18-12-8-13(20-4)16(12,2)3/h6-7,12-13,18H,8,17H2,1-5H3. The molecule has 3 N–H and O–H groups in total. The molecule has 2 unspecified atom stereocenters. The Labute approximate surface area is 125 Å². The minimum Gasteiger partial charge on any atom is -0.465 e. The molecule has 0 aliphatic heterocycles. The molecule has 2 atom stereocenters. The zero-order chi connectivity index (χ0) is 15.8. The average Bonchev–Trinajstić information content (AvgIpc) is 2.45. The lowest BCUT2D eigenvalue weighted by atomic mass is 9.64. The summed E-state index contributed by atoms with van der Waals surface area (Å²) in [6.07, 6.45) is 1.20. The van der Waals surface area contributed by atoms with Gasteiger partial charge >= 0.3 is 5.97 Å². The first-order valence-electron chi connectivity index (χ1n) is 7.09. The third-order valence-corrected chi connectivity index (χ3v) is 4.60. The molecule has 5 heteroatoms. The van der Waals surface area contributed by atoms with Crippen molar-refractivity contribution < 1.29 is 14.3 Å². The largest absolute Gasteiger partial charge is 0.465 e. The number of methoxy groups -OCH3 is 2. The number of nitrogens with two attached hydrogens (primary N) is 1. The normalized spacial score (nSPS) is 23.3. The van der Waals surface area contributed by atoms with Crippen molar-refractivity contribution in [2.75, 3.05) is 25.3 Å². The van der Waals surface area contributed by atoms with Crippen LogP contribution >= 0.6 is 0 Å². The molecule has 1 aromatic rings. The maximum Gasteiger partial charge on any atom is 0.340 e. The molecule has 5 nitrogen and oxygen atoms in total. The minimum absolute atomic E-state index is 0.0511. The number of hydrogen-bond donors (Lipinski definition) is 2. The number of nitrogen functional groups attached to an aromatic ring is 1. The second-order valence-electron chi connectivity index (χ2n) is 6.22. The van der Waals surface area contributed by atoms with Gasteiger partial charge in [-0.05, 0) is 31.0 Å². The SMILES string of the molecule is COC(=O)c1cc(NC2CC(OC)C2(C)C)cc(C)c1N. The molecule has 1 aliphatic carbocycles. The Balaban J connectivity index is 2.22. The van der Waals surface area contributed by atoms with Crippen LogP contribution in [0.2, 0.25) is 0 Å². The molecule has 0 bridgehead atoms. The van der Waals surface area contributed by atoms with Crippen LogP contribution in [0.1, 0.15) is 36.2 Å². The molecular weight excluding hydrogens is 268 g/mol. The summed E-state index contributed by atoms with van der Waals surface area (Å²) in [5.74, 6) is -0.415. The highest BCUT2D eigenvalue weighted by molar-refractivity contribution is 5.97. The summed E-state index contributed by atoms with van der Waals surface area (Å²) in [4.78, 5) is 11.8. The number of benzene rings is 1. The molecule has 0 spiro atoms. The molecule has 0 amide bonds. The van der Waals surface area contributed by atoms with Gasteiger partial charge in [0.05, 0.1) is 18.8 Å². The maximum absolute atomic E-state index is 11.8. The van der Waals surface area contributed by atoms with Crippen LogP contribution in [0.4, 0.5) is 11.4 Å². The van der Waals surface area contributed by atoms with Crippen LogP contribution in [0.5, 0.6) is 0 Å². The van der Waals surface area contributed by atoms with E-state index < -0.39 is 5.97 Å². The molecule has 0 radical (unpaired) electrons. The van der Waals surface area contributed by atoms with Crippen LogP contribution < -0.4 is 11.1 Å². The van der Waals surface area contributed by atoms with Crippen molar-refractivity contribution in [1.82, 2.24) is 0 Å². The first-order chi connectivity index (χ1) is 9.81. The van der Waals surface area contributed by atoms with Crippen LogP contribution in [0.15, 0.2) is 12.1 Å². The summed E-state index contributed by atoms with van der Waals surface area (Å²) in [6, 6.07) is 4.01. The molecule has 0 saturated heterocycles. The zero-order valence-corrected chi connectivity index (χ0v) is 13.3. The van der Waals surface area contributed by atoms with Crippen molar-refractivity contribution in [2.45, 2.75) is 39.3 Å². The molecule has 0 aromatic heterocycles. The van der Waals surface area contributed by atoms with Gasteiger partial charge in [0.1, 0.15) is 0 Å². The minimum atomic E-state index is -0.415. The predicted octanol–water partition coefficient (Wildman–Crippen LogP) is 2.59. The Morgan fingerprint density at radius 3 is 2.57 bits per heavy atom. The second kappa shape index (κ2) is 5.56. The molecule has 1 fully saturated rings. The molecule has 21 heavy (non-hydrogen) atoms. The fraction of sp³-hybridized carbons (Fsp3) is 0.562. The van der Waals surface area contributed by atoms with Gasteiger partial charge < -0.3 is 20.5 Å². The Morgan fingerprint density at radius 1 is 1.38 bits per heavy atom. The fourth-order valence-electron chi connectivity index (χ4n) is 2.89. The Kier molecular flexibility index (Phi) is 4.14. The van der Waals surface area contributed by atoms with Crippen molar-refractivity contribution in [2.24, 2.45) is 5.41 Å². The van der Waals surface area contributed by atoms with Crippen molar-refractivity contribution >= 4 is 17.3 Å². The number of nitrogens with one attached hydrogen (secondary N) is 1. The molecule has 1 saturated carbocycles. The van der Waals surface area contributed by atoms with Crippen molar-refractivity contribution in [3.05, 3.63) is 23.3 Å². The van der Waals surface area contributed by atoms with Gasteiger partial charge in [-0.1, -0.05) is 13.8 Å². The van der Waals surface area contributed by atoms with Gasteiger partial charge in [0.25, 0.3) is 0 Å². The van der Waals surface area contributed by atoms with Crippen LogP contribution in [0, 0.1) is 12.3 Å². The summed E-state index contributed by atoms with van der Waals surface area (Å²) in [7, 11) is 3.10. The number of ether oxygens (including phenoxy) is 2. The van der Waals surface area contributed by atoms with E-state index in [0.29, 0.717) is 17.3 Å².